The lowest BCUT2D eigenvalue weighted by Crippen LogP contribution is -2.55. The van der Waals surface area contributed by atoms with E-state index in [1.165, 1.54) is 4.57 Å². The van der Waals surface area contributed by atoms with Gasteiger partial charge in [-0.3, -0.25) is 9.78 Å². The van der Waals surface area contributed by atoms with Gasteiger partial charge < -0.3 is 14.5 Å². The van der Waals surface area contributed by atoms with E-state index in [0.717, 1.165) is 11.3 Å². The van der Waals surface area contributed by atoms with E-state index in [2.05, 4.69) is 9.97 Å². The molecule has 1 aromatic carbocycles. The van der Waals surface area contributed by atoms with Crippen LogP contribution in [0.3, 0.4) is 0 Å². The van der Waals surface area contributed by atoms with Gasteiger partial charge in [-0.05, 0) is 57.7 Å². The summed E-state index contributed by atoms with van der Waals surface area (Å²) in [5.74, 6) is 0.379. The topological polar surface area (TPSA) is 111 Å². The molecule has 4 aromatic rings. The lowest BCUT2D eigenvalue weighted by atomic mass is 10.0. The van der Waals surface area contributed by atoms with Crippen LogP contribution >= 0.6 is 11.6 Å². The number of amides is 1. The predicted octanol–water partition coefficient (Wildman–Crippen LogP) is 6.44. The van der Waals surface area contributed by atoms with Crippen LogP contribution in [0.25, 0.3) is 28.0 Å². The van der Waals surface area contributed by atoms with Gasteiger partial charge in [-0.2, -0.15) is 4.98 Å². The van der Waals surface area contributed by atoms with Crippen LogP contribution in [-0.4, -0.2) is 68.1 Å². The van der Waals surface area contributed by atoms with Crippen molar-refractivity contribution in [1.29, 1.82) is 0 Å². The second kappa shape index (κ2) is 12.6. The third kappa shape index (κ3) is 6.29. The molecule has 0 spiro atoms. The Kier molecular flexibility index (Phi) is 8.59. The zero-order chi connectivity index (χ0) is 33.5. The van der Waals surface area contributed by atoms with E-state index in [4.69, 9.17) is 22.7 Å². The summed E-state index contributed by atoms with van der Waals surface area (Å²) in [4.78, 5) is 57.3. The van der Waals surface area contributed by atoms with Crippen molar-refractivity contribution in [2.24, 2.45) is 0 Å². The number of aldehydes is 1. The molecule has 1 aliphatic heterocycles. The summed E-state index contributed by atoms with van der Waals surface area (Å²) in [5.41, 5.74) is 2.16. The molecule has 5 rings (SSSR count). The predicted molar refractivity (Wildman–Crippen MR) is 177 cm³/mol. The van der Waals surface area contributed by atoms with Crippen molar-refractivity contribution in [2.45, 2.75) is 72.4 Å². The number of hydrogen-bond donors (Lipinski definition) is 0. The molecule has 11 heteroatoms. The highest BCUT2D eigenvalue weighted by atomic mass is 35.5. The lowest BCUT2D eigenvalue weighted by molar-refractivity contribution is 0.0218. The minimum Gasteiger partial charge on any atom is -0.444 e. The third-order valence-electron chi connectivity index (χ3n) is 7.83. The Morgan fingerprint density at radius 1 is 1.20 bits per heavy atom. The number of halogens is 1. The van der Waals surface area contributed by atoms with Gasteiger partial charge in [0.25, 0.3) is 0 Å². The molecule has 0 bridgehead atoms. The van der Waals surface area contributed by atoms with Crippen molar-refractivity contribution >= 4 is 40.8 Å². The molecular weight excluding hydrogens is 592 g/mol. The number of aryl methyl sites for hydroxylation is 1. The number of aromatic nitrogens is 4. The van der Waals surface area contributed by atoms with Gasteiger partial charge in [0.2, 0.25) is 0 Å². The van der Waals surface area contributed by atoms with E-state index in [1.807, 2.05) is 59.4 Å². The van der Waals surface area contributed by atoms with E-state index in [1.54, 1.807) is 41.4 Å². The van der Waals surface area contributed by atoms with Crippen molar-refractivity contribution in [1.82, 2.24) is 24.4 Å². The number of nitrogens with zero attached hydrogens (tertiary/aromatic N) is 6. The molecule has 1 atom stereocenters. The molecule has 1 saturated heterocycles. The molecule has 0 aliphatic carbocycles. The second-order valence-electron chi connectivity index (χ2n) is 12.6. The summed E-state index contributed by atoms with van der Waals surface area (Å²) in [7, 11) is 0. The number of hydrogen-bond acceptors (Lipinski definition) is 8. The molecule has 0 unspecified atom stereocenters. The van der Waals surface area contributed by atoms with Crippen molar-refractivity contribution in [3.63, 3.8) is 0 Å². The van der Waals surface area contributed by atoms with Gasteiger partial charge in [-0.15, -0.1) is 0 Å². The maximum Gasteiger partial charge on any atom is 0.410 e. The average Bonchev–Trinajstić information content (AvgIpc) is 2.99. The Labute approximate surface area is 269 Å². The SMILES string of the molecule is [2H]C(=O)c1ccccc1-c1nc2c(cc1Cl)c(N1CCN(C(=O)OC(C)(C)C)C[C@@H]1C)nc(=O)n2-c1c(CC)ccnc1C(C)C. The van der Waals surface area contributed by atoms with E-state index >= 15 is 0 Å². The van der Waals surface area contributed by atoms with Gasteiger partial charge in [-0.1, -0.05) is 56.6 Å². The summed E-state index contributed by atoms with van der Waals surface area (Å²) in [6.45, 7) is 14.6. The van der Waals surface area contributed by atoms with Crippen molar-refractivity contribution in [3.05, 3.63) is 74.9 Å². The van der Waals surface area contributed by atoms with E-state index < -0.39 is 23.6 Å². The highest BCUT2D eigenvalue weighted by Gasteiger charge is 2.33. The van der Waals surface area contributed by atoms with Gasteiger partial charge >= 0.3 is 11.8 Å². The van der Waals surface area contributed by atoms with Crippen molar-refractivity contribution in [3.8, 4) is 16.9 Å². The minimum atomic E-state index is -0.874. The first kappa shape index (κ1) is 30.7. The largest absolute Gasteiger partial charge is 0.444 e. The number of carbonyl (C=O) groups excluding carboxylic acids is 2. The van der Waals surface area contributed by atoms with Crippen molar-refractivity contribution < 1.29 is 15.7 Å². The fourth-order valence-corrected chi connectivity index (χ4v) is 5.99. The van der Waals surface area contributed by atoms with Gasteiger partial charge in [0.05, 0.1) is 27.5 Å². The smallest absolute Gasteiger partial charge is 0.410 e. The highest BCUT2D eigenvalue weighted by Crippen LogP contribution is 2.36. The lowest BCUT2D eigenvalue weighted by Gasteiger charge is -2.41. The number of anilines is 1. The highest BCUT2D eigenvalue weighted by molar-refractivity contribution is 6.34. The molecule has 0 radical (unpaired) electrons. The van der Waals surface area contributed by atoms with Crippen LogP contribution in [0.1, 0.15) is 77.4 Å². The van der Waals surface area contributed by atoms with Crippen molar-refractivity contribution in [2.75, 3.05) is 24.5 Å². The zero-order valence-electron chi connectivity index (χ0n) is 27.7. The summed E-state index contributed by atoms with van der Waals surface area (Å²) in [5, 5.41) is 0.765. The van der Waals surface area contributed by atoms with Crippen LogP contribution in [-0.2, 0) is 11.2 Å². The summed E-state index contributed by atoms with van der Waals surface area (Å²) < 4.78 is 14.9. The number of ether oxygens (including phenoxy) is 1. The number of carbonyl (C=O) groups is 2. The quantitative estimate of drug-likeness (QED) is 0.224. The Balaban J connectivity index is 1.76. The molecule has 0 saturated carbocycles. The summed E-state index contributed by atoms with van der Waals surface area (Å²) >= 11 is 6.92. The third-order valence-corrected chi connectivity index (χ3v) is 8.12. The molecule has 1 aliphatic rings. The standard InChI is InChI=1S/C34H39ClN6O4/c1-8-22-13-14-36-27(20(2)3)29(22)41-31-25(17-26(35)28(37-31)24-12-10-9-11-23(24)19-42)30(38-32(41)43)40-16-15-39(18-21(40)4)33(44)45-34(5,6)7/h9-14,17,19-21H,8,15-16,18H2,1-7H3/t21-/m0/s1/i19D. The average molecular weight is 632 g/mol. The normalized spacial score (nSPS) is 15.8. The molecular formula is C34H39ClN6O4. The molecule has 45 heavy (non-hydrogen) atoms. The van der Waals surface area contributed by atoms with Crippen LogP contribution in [0.4, 0.5) is 10.6 Å². The van der Waals surface area contributed by atoms with Crippen LogP contribution in [0.15, 0.2) is 47.4 Å². The van der Waals surface area contributed by atoms with E-state index in [-0.39, 0.29) is 28.2 Å². The monoisotopic (exact) mass is 631 g/mol. The van der Waals surface area contributed by atoms with Gasteiger partial charge in [0.1, 0.15) is 12.8 Å². The fraction of sp³-hybridized carbons (Fsp3) is 0.412. The van der Waals surface area contributed by atoms with Crippen LogP contribution in [0.5, 0.6) is 0 Å². The molecule has 236 valence electrons. The summed E-state index contributed by atoms with van der Waals surface area (Å²) in [6, 6.07) is 10.0. The number of piperazine rings is 1. The van der Waals surface area contributed by atoms with Crippen LogP contribution in [0, 0.1) is 0 Å². The summed E-state index contributed by atoms with van der Waals surface area (Å²) in [6.07, 6.45) is 1.10. The molecule has 1 fully saturated rings. The number of rotatable bonds is 6. The molecule has 3 aromatic heterocycles. The first-order valence-corrected chi connectivity index (χ1v) is 15.6. The Morgan fingerprint density at radius 2 is 1.93 bits per heavy atom. The van der Waals surface area contributed by atoms with Gasteiger partial charge in [-0.25, -0.2) is 19.1 Å². The first-order valence-electron chi connectivity index (χ1n) is 15.7. The zero-order valence-corrected chi connectivity index (χ0v) is 27.5. The van der Waals surface area contributed by atoms with E-state index in [0.29, 0.717) is 54.2 Å². The molecule has 0 N–H and O–H groups in total. The number of fused-ring (bicyclic) bond motifs is 1. The maximum absolute atomic E-state index is 14.2. The van der Waals surface area contributed by atoms with E-state index in [9.17, 15) is 14.4 Å². The first-order chi connectivity index (χ1) is 21.7. The second-order valence-corrected chi connectivity index (χ2v) is 13.0. The minimum absolute atomic E-state index is 0.0162. The Hall–Kier alpha value is -4.31. The number of benzene rings is 1. The number of pyridine rings is 2. The molecule has 10 nitrogen and oxygen atoms in total. The fourth-order valence-electron chi connectivity index (χ4n) is 5.74. The van der Waals surface area contributed by atoms with Crippen LogP contribution in [0.2, 0.25) is 5.02 Å². The maximum atomic E-state index is 14.2. The van der Waals surface area contributed by atoms with Gasteiger partial charge in [0.15, 0.2) is 11.9 Å². The van der Waals surface area contributed by atoms with Crippen LogP contribution < -0.4 is 10.6 Å². The Morgan fingerprint density at radius 3 is 2.58 bits per heavy atom. The molecule has 1 amide bonds. The Bertz CT molecular complexity index is 1890. The molecule has 4 heterocycles. The van der Waals surface area contributed by atoms with Gasteiger partial charge in [0, 0.05) is 43.0 Å².